The van der Waals surface area contributed by atoms with Crippen LogP contribution in [0.1, 0.15) is 118 Å². The highest BCUT2D eigenvalue weighted by atomic mass is 35.5. The van der Waals surface area contributed by atoms with E-state index in [0.29, 0.717) is 59.2 Å². The molecule has 17 heteroatoms. The zero-order valence-electron chi connectivity index (χ0n) is 41.2. The van der Waals surface area contributed by atoms with Crippen molar-refractivity contribution in [1.82, 2.24) is 39.6 Å². The summed E-state index contributed by atoms with van der Waals surface area (Å²) in [5.74, 6) is 2.97. The lowest BCUT2D eigenvalue weighted by Crippen LogP contribution is -2.42. The summed E-state index contributed by atoms with van der Waals surface area (Å²) in [7, 11) is 1.80. The van der Waals surface area contributed by atoms with Gasteiger partial charge >= 0.3 is 0 Å². The summed E-state index contributed by atoms with van der Waals surface area (Å²) in [5, 5.41) is 28.7. The van der Waals surface area contributed by atoms with Crippen molar-refractivity contribution < 1.29 is 18.3 Å². The lowest BCUT2D eigenvalue weighted by Gasteiger charge is -2.39. The number of benzene rings is 2. The number of nitriles is 1. The number of nitrogens with zero attached hydrogens (tertiary/aromatic N) is 12. The first-order valence-corrected chi connectivity index (χ1v) is 26.3. The Labute approximate surface area is 420 Å². The van der Waals surface area contributed by atoms with Gasteiger partial charge in [-0.1, -0.05) is 11.6 Å². The first-order chi connectivity index (χ1) is 34.4. The minimum atomic E-state index is -2.65. The largest absolute Gasteiger partial charge is 0.473 e. The molecule has 374 valence electrons. The number of carbonyl (C=O) groups is 1. The van der Waals surface area contributed by atoms with Crippen molar-refractivity contribution in [2.24, 2.45) is 18.4 Å². The van der Waals surface area contributed by atoms with Gasteiger partial charge in [0.25, 0.3) is 6.43 Å². The molecule has 1 spiro atoms. The molecule has 0 N–H and O–H groups in total. The van der Waals surface area contributed by atoms with Gasteiger partial charge in [-0.05, 0) is 136 Å². The molecule has 11 rings (SSSR count). The molecule has 6 aliphatic rings. The average molecular weight is 988 g/mol. The Balaban J connectivity index is 0.676. The van der Waals surface area contributed by atoms with Crippen molar-refractivity contribution in [2.75, 3.05) is 67.1 Å². The Morgan fingerprint density at radius 3 is 2.46 bits per heavy atom. The molecule has 1 atom stereocenters. The highest BCUT2D eigenvalue weighted by Crippen LogP contribution is 2.47. The molecule has 0 unspecified atom stereocenters. The van der Waals surface area contributed by atoms with Gasteiger partial charge in [-0.2, -0.15) is 15.5 Å². The molecule has 14 nitrogen and oxygen atoms in total. The van der Waals surface area contributed by atoms with E-state index in [1.807, 2.05) is 35.2 Å². The number of rotatable bonds is 10. The number of amides is 1. The van der Waals surface area contributed by atoms with E-state index in [2.05, 4.69) is 58.6 Å². The van der Waals surface area contributed by atoms with E-state index < -0.39 is 6.43 Å². The number of ether oxygens (including phenoxy) is 1. The molecule has 0 bridgehead atoms. The summed E-state index contributed by atoms with van der Waals surface area (Å²) in [6, 6.07) is 16.3. The molecule has 5 aliphatic heterocycles. The van der Waals surface area contributed by atoms with E-state index in [9.17, 15) is 18.8 Å². The van der Waals surface area contributed by atoms with Crippen molar-refractivity contribution >= 4 is 40.5 Å². The maximum atomic E-state index is 14.8. The zero-order valence-corrected chi connectivity index (χ0v) is 42.0. The van der Waals surface area contributed by atoms with Gasteiger partial charge in [-0.15, -0.1) is 10.2 Å². The molecule has 8 heterocycles. The van der Waals surface area contributed by atoms with Crippen LogP contribution >= 0.6 is 11.6 Å². The number of alkyl halides is 2. The number of hydrogen-bond acceptors (Lipinski definition) is 11. The zero-order chi connectivity index (χ0) is 49.0. The molecule has 3 saturated heterocycles. The fourth-order valence-corrected chi connectivity index (χ4v) is 13.2. The molecule has 1 amide bonds. The summed E-state index contributed by atoms with van der Waals surface area (Å²) >= 11 is 6.41. The number of halogens is 3. The molecule has 1 saturated carbocycles. The first-order valence-electron chi connectivity index (χ1n) is 25.9. The molecule has 4 fully saturated rings. The maximum absolute atomic E-state index is 14.8. The number of fused-ring (bicyclic) bond motifs is 2. The Hall–Kier alpha value is -5.79. The third-order valence-corrected chi connectivity index (χ3v) is 17.1. The van der Waals surface area contributed by atoms with Crippen molar-refractivity contribution in [1.29, 1.82) is 5.26 Å². The van der Waals surface area contributed by atoms with E-state index in [4.69, 9.17) is 21.4 Å². The average Bonchev–Trinajstić information content (AvgIpc) is 4.09. The number of aromatic nitrogens is 6. The van der Waals surface area contributed by atoms with E-state index >= 15 is 0 Å². The van der Waals surface area contributed by atoms with Crippen LogP contribution < -0.4 is 19.4 Å². The molecular formula is C54H65ClF2N12O2. The van der Waals surface area contributed by atoms with Gasteiger partial charge in [0.05, 0.1) is 29.4 Å². The van der Waals surface area contributed by atoms with Gasteiger partial charge < -0.3 is 29.2 Å². The Bertz CT molecular complexity index is 2780. The molecule has 0 radical (unpaired) electrons. The molecular weight excluding hydrogens is 922 g/mol. The summed E-state index contributed by atoms with van der Waals surface area (Å²) in [6.07, 6.45) is 12.9. The van der Waals surface area contributed by atoms with Crippen molar-refractivity contribution in [3.63, 3.8) is 0 Å². The summed E-state index contributed by atoms with van der Waals surface area (Å²) < 4.78 is 39.9. The SMILES string of the molecule is CC(=O)N1CCc2c(c(N3CCCc4cc(-c5cnn(C)c5)c(C(F)F)cc43)nn2C2CCN(CC3CCC(Oc4ccc(N5CCC6(CC5)C[C@H](C)N(c5ccc(C#N)c(Cl)c5)C6)nn4)CC3)CC2)C1. The van der Waals surface area contributed by atoms with Gasteiger partial charge in [0.1, 0.15) is 12.2 Å². The molecule has 1 aliphatic carbocycles. The van der Waals surface area contributed by atoms with Crippen molar-refractivity contribution in [3.05, 3.63) is 87.8 Å². The number of piperidine rings is 2. The van der Waals surface area contributed by atoms with Crippen LogP contribution in [0, 0.1) is 22.7 Å². The van der Waals surface area contributed by atoms with Crippen molar-refractivity contribution in [3.8, 4) is 23.1 Å². The second-order valence-electron chi connectivity index (χ2n) is 21.4. The van der Waals surface area contributed by atoms with Crippen LogP contribution in [0.25, 0.3) is 11.1 Å². The van der Waals surface area contributed by atoms with Crippen LogP contribution in [0.4, 0.5) is 31.8 Å². The van der Waals surface area contributed by atoms with E-state index in [-0.39, 0.29) is 29.0 Å². The number of likely N-dealkylation sites (tertiary alicyclic amines) is 1. The summed E-state index contributed by atoms with van der Waals surface area (Å²) in [4.78, 5) is 24.2. The summed E-state index contributed by atoms with van der Waals surface area (Å²) in [6.45, 7) is 11.7. The predicted octanol–water partition coefficient (Wildman–Crippen LogP) is 9.69. The third-order valence-electron chi connectivity index (χ3n) is 16.8. The maximum Gasteiger partial charge on any atom is 0.264 e. The minimum Gasteiger partial charge on any atom is -0.473 e. The standard InChI is InChI=1S/C54H65ClF2N12O2/c1-35-28-54(34-68(35)42-9-8-39(29-58)47(55)26-42)17-23-65(24-18-54)50-12-13-51(61-60-50)71-43-10-6-37(7-11-43)31-64-20-14-41(15-21-64)69-48-16-22-66(36(2)70)33-46(48)53(62-69)67-19-4-5-38-25-44(40-30-59-63(3)32-40)45(52(56)57)27-49(38)67/h8-9,12-13,25-27,30,32,35,37,41,43,52H,4-7,10-11,14-24,28,31,33-34H2,1-3H3/t35-,37?,43?/m0/s1. The quantitative estimate of drug-likeness (QED) is 0.133. The Morgan fingerprint density at radius 1 is 0.972 bits per heavy atom. The van der Waals surface area contributed by atoms with Gasteiger partial charge in [0.2, 0.25) is 11.8 Å². The molecule has 3 aromatic heterocycles. The Morgan fingerprint density at radius 2 is 1.77 bits per heavy atom. The predicted molar refractivity (Wildman–Crippen MR) is 271 cm³/mol. The first kappa shape index (κ1) is 47.5. The van der Waals surface area contributed by atoms with Crippen LogP contribution in [0.3, 0.4) is 0 Å². The number of aryl methyl sites for hydroxylation is 2. The highest BCUT2D eigenvalue weighted by Gasteiger charge is 2.44. The van der Waals surface area contributed by atoms with E-state index in [1.165, 1.54) is 5.69 Å². The Kier molecular flexibility index (Phi) is 13.2. The smallest absolute Gasteiger partial charge is 0.264 e. The fourth-order valence-electron chi connectivity index (χ4n) is 12.9. The van der Waals surface area contributed by atoms with Crippen LogP contribution in [0.5, 0.6) is 5.88 Å². The monoisotopic (exact) mass is 987 g/mol. The second-order valence-corrected chi connectivity index (χ2v) is 21.8. The van der Waals surface area contributed by atoms with Crippen LogP contribution in [-0.2, 0) is 31.2 Å². The molecule has 2 aromatic carbocycles. The minimum absolute atomic E-state index is 0.000748. The fraction of sp³-hybridized carbons (Fsp3) is 0.556. The number of hydrogen-bond donors (Lipinski definition) is 0. The highest BCUT2D eigenvalue weighted by molar-refractivity contribution is 6.32. The molecule has 5 aromatic rings. The van der Waals surface area contributed by atoms with Crippen LogP contribution in [0.2, 0.25) is 5.02 Å². The topological polar surface area (TPSA) is 128 Å². The van der Waals surface area contributed by atoms with Crippen LogP contribution in [-0.4, -0.2) is 110 Å². The van der Waals surface area contributed by atoms with Crippen LogP contribution in [0.15, 0.2) is 54.9 Å². The number of anilines is 4. The lowest BCUT2D eigenvalue weighted by atomic mass is 9.77. The van der Waals surface area contributed by atoms with Gasteiger partial charge in [0, 0.05) is 125 Å². The lowest BCUT2D eigenvalue weighted by molar-refractivity contribution is -0.129. The van der Waals surface area contributed by atoms with Gasteiger partial charge in [-0.25, -0.2) is 8.78 Å². The number of carbonyl (C=O) groups excluding carboxylic acids is 1. The van der Waals surface area contributed by atoms with Crippen molar-refractivity contribution in [2.45, 2.75) is 122 Å². The second kappa shape index (κ2) is 19.7. The van der Waals surface area contributed by atoms with E-state index in [0.717, 1.165) is 150 Å². The summed E-state index contributed by atoms with van der Waals surface area (Å²) in [5.41, 5.74) is 7.11. The van der Waals surface area contributed by atoms with E-state index in [1.54, 1.807) is 37.1 Å². The van der Waals surface area contributed by atoms with Gasteiger partial charge in [0.15, 0.2) is 11.6 Å². The van der Waals surface area contributed by atoms with Gasteiger partial charge in [-0.3, -0.25) is 14.2 Å². The third kappa shape index (κ3) is 9.56. The normalized spacial score (nSPS) is 22.8. The molecule has 71 heavy (non-hydrogen) atoms.